The van der Waals surface area contributed by atoms with Crippen LogP contribution >= 0.6 is 0 Å². The molecule has 0 aromatic heterocycles. The minimum Gasteiger partial charge on any atom is -0.550 e. The van der Waals surface area contributed by atoms with Crippen LogP contribution < -0.4 is 24.0 Å². The number of carboxylic acids is 1. The normalized spacial score (nSPS) is 11.1. The number of carbonyl (C=O) groups is 1. The quantitative estimate of drug-likeness (QED) is 0.0670. The van der Waals surface area contributed by atoms with Crippen LogP contribution in [0.4, 0.5) is 0 Å². The summed E-state index contributed by atoms with van der Waals surface area (Å²) in [6, 6.07) is 0. The van der Waals surface area contributed by atoms with E-state index in [0.29, 0.717) is 0 Å². The Morgan fingerprint density at radius 2 is 0.514 bits per heavy atom. The molecule has 0 saturated carbocycles. The first kappa shape index (κ1) is 39.2. The van der Waals surface area contributed by atoms with Crippen molar-refractivity contribution in [1.82, 2.24) is 0 Å². The Hall–Kier alpha value is 0.0674. The minimum atomic E-state index is -0.898. The van der Waals surface area contributed by atoms with E-state index in [1.165, 1.54) is 186 Å². The van der Waals surface area contributed by atoms with E-state index in [-0.39, 0.29) is 25.3 Å². The van der Waals surface area contributed by atoms with E-state index in [9.17, 15) is 9.90 Å². The van der Waals surface area contributed by atoms with Gasteiger partial charge in [-0.05, 0) is 12.8 Å². The molecule has 37 heavy (non-hydrogen) atoms. The van der Waals surface area contributed by atoms with Gasteiger partial charge in [0, 0.05) is 5.97 Å². The van der Waals surface area contributed by atoms with Crippen molar-refractivity contribution in [2.75, 3.05) is 0 Å². The second kappa shape index (κ2) is 36.1. The van der Waals surface area contributed by atoms with Crippen LogP contribution in [0.3, 0.4) is 0 Å². The third kappa shape index (κ3) is 38.3. The van der Waals surface area contributed by atoms with Gasteiger partial charge in [-0.1, -0.05) is 200 Å². The van der Waals surface area contributed by atoms with Crippen molar-refractivity contribution < 1.29 is 28.8 Å². The molecule has 0 aliphatic heterocycles. The molecule has 0 unspecified atom stereocenters. The van der Waals surface area contributed by atoms with Crippen molar-refractivity contribution in [2.45, 2.75) is 212 Å². The third-order valence-corrected chi connectivity index (χ3v) is 7.98. The molecule has 0 N–H and O–H groups in total. The number of carboxylic acid groups (broad SMARTS) is 1. The average Bonchev–Trinajstić information content (AvgIpc) is 2.87. The fourth-order valence-corrected chi connectivity index (χ4v) is 5.47. The molecule has 0 aliphatic carbocycles. The zero-order valence-corrected chi connectivity index (χ0v) is 25.9. The maximum absolute atomic E-state index is 10.4. The predicted molar refractivity (Wildman–Crippen MR) is 158 cm³/mol. The molecular formula is C34H67LiO2. The van der Waals surface area contributed by atoms with Crippen molar-refractivity contribution in [3.63, 3.8) is 0 Å². The summed E-state index contributed by atoms with van der Waals surface area (Å²) >= 11 is 0. The van der Waals surface area contributed by atoms with Crippen LogP contribution in [0, 0.1) is 0 Å². The van der Waals surface area contributed by atoms with Crippen LogP contribution in [0.25, 0.3) is 0 Å². The van der Waals surface area contributed by atoms with E-state index < -0.39 is 5.97 Å². The minimum absolute atomic E-state index is 0. The number of rotatable bonds is 32. The zero-order chi connectivity index (χ0) is 26.2. The van der Waals surface area contributed by atoms with E-state index in [2.05, 4.69) is 6.92 Å². The molecule has 3 heteroatoms. The molecule has 0 fully saturated rings. The van der Waals surface area contributed by atoms with Gasteiger partial charge in [0.05, 0.1) is 0 Å². The summed E-state index contributed by atoms with van der Waals surface area (Å²) in [5.74, 6) is -0.898. The van der Waals surface area contributed by atoms with Gasteiger partial charge < -0.3 is 9.90 Å². The number of hydrogen-bond acceptors (Lipinski definition) is 2. The first-order valence-electron chi connectivity index (χ1n) is 17.0. The largest absolute Gasteiger partial charge is 1.00 e. The fraction of sp³-hybridized carbons (Fsp3) is 0.971. The van der Waals surface area contributed by atoms with Crippen molar-refractivity contribution in [1.29, 1.82) is 0 Å². The van der Waals surface area contributed by atoms with Gasteiger partial charge >= 0.3 is 18.9 Å². The Kier molecular flexibility index (Phi) is 38.2. The van der Waals surface area contributed by atoms with Gasteiger partial charge in [0.25, 0.3) is 0 Å². The van der Waals surface area contributed by atoms with Gasteiger partial charge in [-0.25, -0.2) is 0 Å². The van der Waals surface area contributed by atoms with Crippen LogP contribution in [0.5, 0.6) is 0 Å². The van der Waals surface area contributed by atoms with Crippen LogP contribution in [0.1, 0.15) is 212 Å². The molecule has 0 amide bonds. The molecule has 0 radical (unpaired) electrons. The Balaban J connectivity index is 0. The average molecular weight is 515 g/mol. The van der Waals surface area contributed by atoms with Crippen LogP contribution in [0.15, 0.2) is 0 Å². The summed E-state index contributed by atoms with van der Waals surface area (Å²) in [6.45, 7) is 2.30. The second-order valence-corrected chi connectivity index (χ2v) is 11.7. The molecule has 0 spiro atoms. The van der Waals surface area contributed by atoms with E-state index >= 15 is 0 Å². The monoisotopic (exact) mass is 515 g/mol. The van der Waals surface area contributed by atoms with Gasteiger partial charge in [0.2, 0.25) is 0 Å². The summed E-state index contributed by atoms with van der Waals surface area (Å²) < 4.78 is 0. The number of unbranched alkanes of at least 4 members (excludes halogenated alkanes) is 30. The molecule has 0 aliphatic rings. The van der Waals surface area contributed by atoms with Crippen LogP contribution in [0.2, 0.25) is 0 Å². The number of hydrogen-bond donors (Lipinski definition) is 0. The van der Waals surface area contributed by atoms with E-state index in [0.717, 1.165) is 12.8 Å². The first-order valence-corrected chi connectivity index (χ1v) is 17.0. The first-order chi connectivity index (χ1) is 17.8. The van der Waals surface area contributed by atoms with Crippen molar-refractivity contribution in [2.24, 2.45) is 0 Å². The summed E-state index contributed by atoms with van der Waals surface area (Å²) in [7, 11) is 0. The summed E-state index contributed by atoms with van der Waals surface area (Å²) in [4.78, 5) is 10.4. The molecule has 0 heterocycles. The molecule has 0 bridgehead atoms. The van der Waals surface area contributed by atoms with E-state index in [1.807, 2.05) is 0 Å². The Bertz CT molecular complexity index is 413. The Morgan fingerprint density at radius 3 is 0.676 bits per heavy atom. The summed E-state index contributed by atoms with van der Waals surface area (Å²) in [6.07, 6.45) is 43.6. The van der Waals surface area contributed by atoms with E-state index in [4.69, 9.17) is 0 Å². The topological polar surface area (TPSA) is 40.1 Å². The number of aliphatic carboxylic acids is 1. The third-order valence-electron chi connectivity index (χ3n) is 7.98. The molecule has 0 saturated heterocycles. The maximum Gasteiger partial charge on any atom is 1.00 e. The Labute approximate surface area is 246 Å². The smallest absolute Gasteiger partial charge is 0.550 e. The molecule has 0 aromatic rings. The zero-order valence-electron chi connectivity index (χ0n) is 25.9. The van der Waals surface area contributed by atoms with E-state index in [1.54, 1.807) is 0 Å². The Morgan fingerprint density at radius 1 is 0.351 bits per heavy atom. The van der Waals surface area contributed by atoms with Gasteiger partial charge in [-0.2, -0.15) is 0 Å². The van der Waals surface area contributed by atoms with Gasteiger partial charge in [-0.15, -0.1) is 0 Å². The summed E-state index contributed by atoms with van der Waals surface area (Å²) in [5, 5.41) is 10.4. The van der Waals surface area contributed by atoms with Crippen molar-refractivity contribution in [3.8, 4) is 0 Å². The molecule has 0 atom stereocenters. The predicted octanol–water partition coefficient (Wildman–Crippen LogP) is 8.24. The molecule has 216 valence electrons. The molecule has 0 aromatic carbocycles. The van der Waals surface area contributed by atoms with Gasteiger partial charge in [0.15, 0.2) is 0 Å². The molecular weight excluding hydrogens is 447 g/mol. The fourth-order valence-electron chi connectivity index (χ4n) is 5.47. The summed E-state index contributed by atoms with van der Waals surface area (Å²) in [5.41, 5.74) is 0. The van der Waals surface area contributed by atoms with Crippen LogP contribution in [-0.4, -0.2) is 5.97 Å². The van der Waals surface area contributed by atoms with Crippen LogP contribution in [-0.2, 0) is 4.79 Å². The maximum atomic E-state index is 10.4. The van der Waals surface area contributed by atoms with Gasteiger partial charge in [0.1, 0.15) is 0 Å². The van der Waals surface area contributed by atoms with Crippen molar-refractivity contribution >= 4 is 5.97 Å². The molecule has 2 nitrogen and oxygen atoms in total. The second-order valence-electron chi connectivity index (χ2n) is 11.7. The van der Waals surface area contributed by atoms with Gasteiger partial charge in [-0.3, -0.25) is 0 Å². The molecule has 0 rings (SSSR count). The number of carbonyl (C=O) groups excluding carboxylic acids is 1. The standard InChI is InChI=1S/C34H68O2.Li/c1-2-3-4-5-6-7-8-9-10-11-12-13-14-15-16-17-18-19-20-21-22-23-24-25-26-27-28-29-30-31-32-33-34(35)36;/h2-33H2,1H3,(H,35,36);/q;+1/p-1. The van der Waals surface area contributed by atoms with Crippen molar-refractivity contribution in [3.05, 3.63) is 0 Å². The SMILES string of the molecule is CCCCCCCCCCCCCCCCCCCCCCCCCCCCCCCCCC(=O)[O-].[Li+].